The Morgan fingerprint density at radius 3 is 2.54 bits per heavy atom. The molecule has 0 fully saturated rings. The number of aryl methyl sites for hydroxylation is 1. The Kier molecular flexibility index (Phi) is 5.09. The smallest absolute Gasteiger partial charge is 0.256 e. The zero-order valence-corrected chi connectivity index (χ0v) is 17.5. The highest BCUT2D eigenvalue weighted by atomic mass is 127. The van der Waals surface area contributed by atoms with Crippen molar-refractivity contribution in [1.82, 2.24) is 9.29 Å². The Bertz CT molecular complexity index is 1100. The fourth-order valence-electron chi connectivity index (χ4n) is 2.60. The molecule has 1 aromatic heterocycles. The number of fused-ring (bicyclic) bond motifs is 1. The summed E-state index contributed by atoms with van der Waals surface area (Å²) in [5.41, 5.74) is 3.01. The van der Waals surface area contributed by atoms with Crippen LogP contribution in [0.2, 0.25) is 0 Å². The van der Waals surface area contributed by atoms with Crippen LogP contribution in [0.5, 0.6) is 0 Å². The van der Waals surface area contributed by atoms with Gasteiger partial charge in [-0.1, -0.05) is 0 Å². The SMILES string of the molecule is Cc1cc2cc(NC(=O)c3cc(S(=O)(=O)N(C)C)ccc3I)ccc2[nH]1. The maximum Gasteiger partial charge on any atom is 0.256 e. The van der Waals surface area contributed by atoms with E-state index in [0.29, 0.717) is 14.8 Å². The van der Waals surface area contributed by atoms with E-state index >= 15 is 0 Å². The van der Waals surface area contributed by atoms with Gasteiger partial charge in [0.25, 0.3) is 5.91 Å². The first-order chi connectivity index (χ1) is 12.2. The third-order valence-corrected chi connectivity index (χ3v) is 6.73. The number of rotatable bonds is 4. The molecule has 0 bridgehead atoms. The van der Waals surface area contributed by atoms with Gasteiger partial charge < -0.3 is 10.3 Å². The Labute approximate surface area is 165 Å². The van der Waals surface area contributed by atoms with Gasteiger partial charge in [-0.25, -0.2) is 12.7 Å². The lowest BCUT2D eigenvalue weighted by Crippen LogP contribution is -2.23. The van der Waals surface area contributed by atoms with Crippen molar-refractivity contribution in [1.29, 1.82) is 0 Å². The summed E-state index contributed by atoms with van der Waals surface area (Å²) >= 11 is 2.02. The van der Waals surface area contributed by atoms with E-state index in [-0.39, 0.29) is 10.8 Å². The second kappa shape index (κ2) is 7.01. The molecule has 0 aliphatic carbocycles. The first kappa shape index (κ1) is 18.9. The molecule has 1 amide bonds. The maximum atomic E-state index is 12.7. The van der Waals surface area contributed by atoms with Gasteiger partial charge in [-0.15, -0.1) is 0 Å². The number of anilines is 1. The lowest BCUT2D eigenvalue weighted by atomic mass is 10.2. The molecule has 0 saturated carbocycles. The van der Waals surface area contributed by atoms with Crippen LogP contribution in [-0.2, 0) is 10.0 Å². The summed E-state index contributed by atoms with van der Waals surface area (Å²) in [6.07, 6.45) is 0. The van der Waals surface area contributed by atoms with Crippen molar-refractivity contribution >= 4 is 55.1 Å². The van der Waals surface area contributed by atoms with Gasteiger partial charge in [-0.3, -0.25) is 4.79 Å². The predicted octanol–water partition coefficient (Wildman–Crippen LogP) is 3.58. The molecule has 2 aromatic carbocycles. The number of H-pyrrole nitrogens is 1. The number of amides is 1. The van der Waals surface area contributed by atoms with Crippen molar-refractivity contribution in [3.05, 3.63) is 57.3 Å². The van der Waals surface area contributed by atoms with Crippen molar-refractivity contribution in [2.45, 2.75) is 11.8 Å². The molecular formula is C18H18IN3O3S. The first-order valence-electron chi connectivity index (χ1n) is 7.81. The van der Waals surface area contributed by atoms with Crippen molar-refractivity contribution in [2.24, 2.45) is 0 Å². The Balaban J connectivity index is 1.93. The summed E-state index contributed by atoms with van der Waals surface area (Å²) in [4.78, 5) is 16.0. The normalized spacial score (nSPS) is 11.9. The lowest BCUT2D eigenvalue weighted by molar-refractivity contribution is 0.102. The van der Waals surface area contributed by atoms with Crippen LogP contribution in [0.15, 0.2) is 47.4 Å². The zero-order chi connectivity index (χ0) is 19.1. The van der Waals surface area contributed by atoms with Crippen LogP contribution in [0, 0.1) is 10.5 Å². The van der Waals surface area contributed by atoms with Gasteiger partial charge in [0, 0.05) is 39.9 Å². The van der Waals surface area contributed by atoms with Crippen molar-refractivity contribution < 1.29 is 13.2 Å². The molecule has 3 aromatic rings. The molecule has 1 heterocycles. The van der Waals surface area contributed by atoms with Crippen molar-refractivity contribution in [3.8, 4) is 0 Å². The summed E-state index contributed by atoms with van der Waals surface area (Å²) in [7, 11) is -0.684. The molecule has 0 radical (unpaired) electrons. The van der Waals surface area contributed by atoms with Gasteiger partial charge in [0.15, 0.2) is 0 Å². The summed E-state index contributed by atoms with van der Waals surface area (Å²) in [5, 5.41) is 3.84. The predicted molar refractivity (Wildman–Crippen MR) is 111 cm³/mol. The number of nitrogens with zero attached hydrogens (tertiary/aromatic N) is 1. The van der Waals surface area contributed by atoms with Gasteiger partial charge in [0.1, 0.15) is 0 Å². The molecule has 0 saturated heterocycles. The average Bonchev–Trinajstić information content (AvgIpc) is 2.94. The second-order valence-electron chi connectivity index (χ2n) is 6.14. The lowest BCUT2D eigenvalue weighted by Gasteiger charge is -2.13. The number of aromatic nitrogens is 1. The van der Waals surface area contributed by atoms with Gasteiger partial charge in [0.2, 0.25) is 10.0 Å². The minimum atomic E-state index is -3.60. The van der Waals surface area contributed by atoms with E-state index in [4.69, 9.17) is 0 Å². The van der Waals surface area contributed by atoms with E-state index < -0.39 is 10.0 Å². The molecule has 0 aliphatic rings. The third-order valence-electron chi connectivity index (χ3n) is 3.97. The summed E-state index contributed by atoms with van der Waals surface area (Å²) < 4.78 is 26.4. The van der Waals surface area contributed by atoms with E-state index in [1.807, 2.05) is 53.8 Å². The number of nitrogens with one attached hydrogen (secondary N) is 2. The zero-order valence-electron chi connectivity index (χ0n) is 14.5. The minimum Gasteiger partial charge on any atom is -0.359 e. The van der Waals surface area contributed by atoms with E-state index in [9.17, 15) is 13.2 Å². The van der Waals surface area contributed by atoms with Crippen LogP contribution in [-0.4, -0.2) is 37.7 Å². The summed E-state index contributed by atoms with van der Waals surface area (Å²) in [6, 6.07) is 12.1. The van der Waals surface area contributed by atoms with Crippen LogP contribution in [0.3, 0.4) is 0 Å². The molecule has 0 spiro atoms. The number of halogens is 1. The van der Waals surface area contributed by atoms with Gasteiger partial charge >= 0.3 is 0 Å². The van der Waals surface area contributed by atoms with Gasteiger partial charge in [-0.05, 0) is 72.0 Å². The van der Waals surface area contributed by atoms with Crippen LogP contribution in [0.25, 0.3) is 10.9 Å². The summed E-state index contributed by atoms with van der Waals surface area (Å²) in [5.74, 6) is -0.350. The van der Waals surface area contributed by atoms with Crippen LogP contribution >= 0.6 is 22.6 Å². The molecule has 8 heteroatoms. The van der Waals surface area contributed by atoms with E-state index in [1.165, 1.54) is 26.2 Å². The van der Waals surface area contributed by atoms with Crippen molar-refractivity contribution in [2.75, 3.05) is 19.4 Å². The number of aromatic amines is 1. The maximum absolute atomic E-state index is 12.7. The highest BCUT2D eigenvalue weighted by molar-refractivity contribution is 14.1. The molecule has 3 rings (SSSR count). The van der Waals surface area contributed by atoms with E-state index in [2.05, 4.69) is 10.3 Å². The molecule has 0 unspecified atom stereocenters. The fourth-order valence-corrected chi connectivity index (χ4v) is 4.11. The fraction of sp³-hybridized carbons (Fsp3) is 0.167. The Hall–Kier alpha value is -1.91. The first-order valence-corrected chi connectivity index (χ1v) is 10.3. The average molecular weight is 483 g/mol. The minimum absolute atomic E-state index is 0.0878. The van der Waals surface area contributed by atoms with Gasteiger partial charge in [0.05, 0.1) is 10.5 Å². The molecule has 0 atom stereocenters. The topological polar surface area (TPSA) is 82.3 Å². The van der Waals surface area contributed by atoms with Crippen LogP contribution in [0.1, 0.15) is 16.1 Å². The third kappa shape index (κ3) is 3.62. The number of carbonyl (C=O) groups is 1. The van der Waals surface area contributed by atoms with E-state index in [1.54, 1.807) is 6.07 Å². The number of carbonyl (C=O) groups excluding carboxylic acids is 1. The standard InChI is InChI=1S/C18H18IN3O3S/c1-11-8-12-9-13(4-7-17(12)20-11)21-18(23)15-10-14(5-6-16(15)19)26(24,25)22(2)3/h4-10,20H,1-3H3,(H,21,23). The van der Waals surface area contributed by atoms with Crippen LogP contribution in [0.4, 0.5) is 5.69 Å². The quantitative estimate of drug-likeness (QED) is 0.557. The molecule has 0 aliphatic heterocycles. The molecule has 6 nitrogen and oxygen atoms in total. The summed E-state index contributed by atoms with van der Waals surface area (Å²) in [6.45, 7) is 1.97. The van der Waals surface area contributed by atoms with Crippen molar-refractivity contribution in [3.63, 3.8) is 0 Å². The van der Waals surface area contributed by atoms with Gasteiger partial charge in [-0.2, -0.15) is 0 Å². The highest BCUT2D eigenvalue weighted by Crippen LogP contribution is 2.23. The molecular weight excluding hydrogens is 465 g/mol. The molecule has 26 heavy (non-hydrogen) atoms. The highest BCUT2D eigenvalue weighted by Gasteiger charge is 2.20. The molecule has 2 N–H and O–H groups in total. The Morgan fingerprint density at radius 2 is 1.85 bits per heavy atom. The number of hydrogen-bond acceptors (Lipinski definition) is 3. The largest absolute Gasteiger partial charge is 0.359 e. The van der Waals surface area contributed by atoms with E-state index in [0.717, 1.165) is 20.9 Å². The molecule has 136 valence electrons. The number of sulfonamides is 1. The second-order valence-corrected chi connectivity index (χ2v) is 9.45. The monoisotopic (exact) mass is 483 g/mol. The van der Waals surface area contributed by atoms with Crippen LogP contribution < -0.4 is 5.32 Å². The number of benzene rings is 2. The number of hydrogen-bond donors (Lipinski definition) is 2. The Morgan fingerprint density at radius 1 is 1.12 bits per heavy atom.